The number of hydrogen-bond donors (Lipinski definition) is 1. The Morgan fingerprint density at radius 3 is 2.33 bits per heavy atom. The zero-order chi connectivity index (χ0) is 6.24. The Balaban J connectivity index is 0. The van der Waals surface area contributed by atoms with Gasteiger partial charge in [0.2, 0.25) is 0 Å². The third-order valence-electron chi connectivity index (χ3n) is 1.03. The van der Waals surface area contributed by atoms with Crippen molar-refractivity contribution < 1.29 is 0 Å². The number of terminal acetylenes is 1. The van der Waals surface area contributed by atoms with E-state index in [1.807, 2.05) is 0 Å². The maximum Gasteiger partial charge on any atom is 0.00860 e. The molecular weight excluding hydrogens is 134 g/mol. The van der Waals surface area contributed by atoms with Gasteiger partial charge in [0.1, 0.15) is 0 Å². The molecule has 0 aromatic rings. The molecule has 0 amide bonds. The molecular formula is C7H14ClN. The molecule has 0 saturated carbocycles. The van der Waals surface area contributed by atoms with Crippen molar-refractivity contribution in [3.8, 4) is 12.3 Å². The quantitative estimate of drug-likeness (QED) is 0.474. The fraction of sp³-hybridized carbons (Fsp3) is 0.714. The van der Waals surface area contributed by atoms with Crippen LogP contribution in [0.1, 0.15) is 25.7 Å². The summed E-state index contributed by atoms with van der Waals surface area (Å²) in [4.78, 5) is 0. The van der Waals surface area contributed by atoms with Crippen molar-refractivity contribution >= 4 is 12.4 Å². The number of unbranched alkanes of at least 4 members (excludes halogenated alkanes) is 3. The Labute approximate surface area is 63.4 Å². The second-order valence-electron chi connectivity index (χ2n) is 1.80. The Kier molecular flexibility index (Phi) is 13.8. The van der Waals surface area contributed by atoms with Crippen molar-refractivity contribution in [2.45, 2.75) is 25.7 Å². The van der Waals surface area contributed by atoms with Crippen LogP contribution in [-0.4, -0.2) is 6.54 Å². The highest BCUT2D eigenvalue weighted by Gasteiger charge is 1.81. The van der Waals surface area contributed by atoms with Crippen LogP contribution in [0.5, 0.6) is 0 Å². The molecule has 0 radical (unpaired) electrons. The third-order valence-corrected chi connectivity index (χ3v) is 1.03. The molecule has 0 heterocycles. The molecule has 0 bridgehead atoms. The molecule has 54 valence electrons. The standard InChI is InChI=1S/C7H13N.ClH/c1-2-3-4-5-6-7-8;/h1H,3-8H2;1H. The molecule has 0 aromatic carbocycles. The Morgan fingerprint density at radius 2 is 1.89 bits per heavy atom. The minimum Gasteiger partial charge on any atom is -0.330 e. The third kappa shape index (κ3) is 11.4. The van der Waals surface area contributed by atoms with Crippen LogP contribution in [0, 0.1) is 12.3 Å². The van der Waals surface area contributed by atoms with E-state index in [2.05, 4.69) is 5.92 Å². The average molecular weight is 148 g/mol. The van der Waals surface area contributed by atoms with Crippen LogP contribution >= 0.6 is 12.4 Å². The molecule has 0 aliphatic carbocycles. The molecule has 0 aliphatic rings. The first-order chi connectivity index (χ1) is 3.91. The van der Waals surface area contributed by atoms with Gasteiger partial charge in [0.25, 0.3) is 0 Å². The lowest BCUT2D eigenvalue weighted by atomic mass is 10.2. The molecule has 9 heavy (non-hydrogen) atoms. The van der Waals surface area contributed by atoms with Crippen molar-refractivity contribution in [1.82, 2.24) is 0 Å². The van der Waals surface area contributed by atoms with Crippen molar-refractivity contribution in [2.75, 3.05) is 6.54 Å². The lowest BCUT2D eigenvalue weighted by molar-refractivity contribution is 0.702. The highest BCUT2D eigenvalue weighted by molar-refractivity contribution is 5.85. The molecule has 0 aromatic heterocycles. The largest absolute Gasteiger partial charge is 0.330 e. The summed E-state index contributed by atoms with van der Waals surface area (Å²) in [5.41, 5.74) is 5.26. The lowest BCUT2D eigenvalue weighted by Crippen LogP contribution is -1.97. The van der Waals surface area contributed by atoms with Crippen LogP contribution < -0.4 is 5.73 Å². The van der Waals surface area contributed by atoms with E-state index in [1.54, 1.807) is 0 Å². The van der Waals surface area contributed by atoms with Crippen molar-refractivity contribution in [3.63, 3.8) is 0 Å². The summed E-state index contributed by atoms with van der Waals surface area (Å²) >= 11 is 0. The van der Waals surface area contributed by atoms with Crippen LogP contribution in [0.2, 0.25) is 0 Å². The topological polar surface area (TPSA) is 26.0 Å². The van der Waals surface area contributed by atoms with Crippen LogP contribution in [0.3, 0.4) is 0 Å². The Bertz CT molecular complexity index is 75.5. The van der Waals surface area contributed by atoms with Crippen molar-refractivity contribution in [1.29, 1.82) is 0 Å². The molecule has 0 atom stereocenters. The SMILES string of the molecule is C#CCCCCCN.Cl. The van der Waals surface area contributed by atoms with Gasteiger partial charge in [-0.25, -0.2) is 0 Å². The van der Waals surface area contributed by atoms with Gasteiger partial charge >= 0.3 is 0 Å². The first-order valence-electron chi connectivity index (χ1n) is 3.05. The second kappa shape index (κ2) is 10.7. The number of hydrogen-bond acceptors (Lipinski definition) is 1. The van der Waals surface area contributed by atoms with Gasteiger partial charge in [0, 0.05) is 6.42 Å². The molecule has 2 N–H and O–H groups in total. The first kappa shape index (κ1) is 11.6. The van der Waals surface area contributed by atoms with Crippen molar-refractivity contribution in [2.24, 2.45) is 5.73 Å². The summed E-state index contributed by atoms with van der Waals surface area (Å²) in [6, 6.07) is 0. The van der Waals surface area contributed by atoms with Crippen LogP contribution in [0.15, 0.2) is 0 Å². The zero-order valence-electron chi connectivity index (χ0n) is 5.60. The molecule has 1 nitrogen and oxygen atoms in total. The van der Waals surface area contributed by atoms with Crippen LogP contribution in [-0.2, 0) is 0 Å². The fourth-order valence-electron chi connectivity index (χ4n) is 0.548. The van der Waals surface area contributed by atoms with E-state index >= 15 is 0 Å². The second-order valence-corrected chi connectivity index (χ2v) is 1.80. The molecule has 0 fully saturated rings. The van der Waals surface area contributed by atoms with Crippen LogP contribution in [0.4, 0.5) is 0 Å². The zero-order valence-corrected chi connectivity index (χ0v) is 6.41. The van der Waals surface area contributed by atoms with Crippen LogP contribution in [0.25, 0.3) is 0 Å². The highest BCUT2D eigenvalue weighted by atomic mass is 35.5. The van der Waals surface area contributed by atoms with Gasteiger partial charge in [-0.3, -0.25) is 0 Å². The van der Waals surface area contributed by atoms with Crippen molar-refractivity contribution in [3.05, 3.63) is 0 Å². The first-order valence-corrected chi connectivity index (χ1v) is 3.05. The molecule has 2 heteroatoms. The molecule has 0 unspecified atom stereocenters. The number of rotatable bonds is 4. The molecule has 0 rings (SSSR count). The smallest absolute Gasteiger partial charge is 0.00860 e. The predicted molar refractivity (Wildman–Crippen MR) is 43.6 cm³/mol. The Morgan fingerprint density at radius 1 is 1.22 bits per heavy atom. The summed E-state index contributed by atoms with van der Waals surface area (Å²) in [6.45, 7) is 0.796. The maximum atomic E-state index is 5.26. The van der Waals surface area contributed by atoms with Gasteiger partial charge in [0.15, 0.2) is 0 Å². The van der Waals surface area contributed by atoms with Gasteiger partial charge in [-0.05, 0) is 19.4 Å². The maximum absolute atomic E-state index is 5.26. The summed E-state index contributed by atoms with van der Waals surface area (Å²) in [6.07, 6.45) is 9.36. The van der Waals surface area contributed by atoms with E-state index in [4.69, 9.17) is 12.2 Å². The lowest BCUT2D eigenvalue weighted by Gasteiger charge is -1.90. The van der Waals surface area contributed by atoms with E-state index in [1.165, 1.54) is 6.42 Å². The van der Waals surface area contributed by atoms with Gasteiger partial charge < -0.3 is 5.73 Å². The van der Waals surface area contributed by atoms with Gasteiger partial charge in [-0.1, -0.05) is 6.42 Å². The van der Waals surface area contributed by atoms with E-state index in [0.717, 1.165) is 25.8 Å². The molecule has 0 saturated heterocycles. The average Bonchev–Trinajstić information content (AvgIpc) is 1.81. The van der Waals surface area contributed by atoms with E-state index in [0.29, 0.717) is 0 Å². The summed E-state index contributed by atoms with van der Waals surface area (Å²) < 4.78 is 0. The monoisotopic (exact) mass is 147 g/mol. The number of nitrogens with two attached hydrogens (primary N) is 1. The predicted octanol–water partition coefficient (Wildman–Crippen LogP) is 1.56. The molecule has 0 spiro atoms. The van der Waals surface area contributed by atoms with E-state index in [-0.39, 0.29) is 12.4 Å². The van der Waals surface area contributed by atoms with Gasteiger partial charge in [-0.2, -0.15) is 0 Å². The van der Waals surface area contributed by atoms with E-state index in [9.17, 15) is 0 Å². The minimum absolute atomic E-state index is 0. The Hall–Kier alpha value is -0.190. The summed E-state index contributed by atoms with van der Waals surface area (Å²) in [5.74, 6) is 2.59. The fourth-order valence-corrected chi connectivity index (χ4v) is 0.548. The number of halogens is 1. The highest BCUT2D eigenvalue weighted by Crippen LogP contribution is 1.95. The summed E-state index contributed by atoms with van der Waals surface area (Å²) in [5, 5.41) is 0. The molecule has 0 aliphatic heterocycles. The summed E-state index contributed by atoms with van der Waals surface area (Å²) in [7, 11) is 0. The normalized spacial score (nSPS) is 7.56. The van der Waals surface area contributed by atoms with E-state index < -0.39 is 0 Å². The van der Waals surface area contributed by atoms with Gasteiger partial charge in [0.05, 0.1) is 0 Å². The minimum atomic E-state index is 0. The van der Waals surface area contributed by atoms with Gasteiger partial charge in [-0.15, -0.1) is 24.8 Å².